The van der Waals surface area contributed by atoms with Crippen LogP contribution in [-0.4, -0.2) is 113 Å². The lowest BCUT2D eigenvalue weighted by Crippen LogP contribution is -2.58. The number of halogens is 1. The molecule has 4 aliphatic heterocycles. The molecule has 2 aromatic carbocycles. The highest BCUT2D eigenvalue weighted by atomic mass is 35.5. The summed E-state index contributed by atoms with van der Waals surface area (Å²) in [6.45, 7) is 10.6. The van der Waals surface area contributed by atoms with Gasteiger partial charge in [0.05, 0.1) is 11.7 Å². The van der Waals surface area contributed by atoms with Crippen LogP contribution >= 0.6 is 11.6 Å². The van der Waals surface area contributed by atoms with Crippen molar-refractivity contribution in [2.24, 2.45) is 11.3 Å². The summed E-state index contributed by atoms with van der Waals surface area (Å²) in [6, 6.07) is 12.7. The van der Waals surface area contributed by atoms with Crippen LogP contribution in [0.5, 0.6) is 5.75 Å². The Morgan fingerprint density at radius 1 is 0.984 bits per heavy atom. The highest BCUT2D eigenvalue weighted by molar-refractivity contribution is 6.33. The number of carbonyl (C=O) groups excluding carboxylic acids is 4. The van der Waals surface area contributed by atoms with Crippen LogP contribution in [0.2, 0.25) is 5.02 Å². The molecule has 5 aliphatic rings. The van der Waals surface area contributed by atoms with Gasteiger partial charge >= 0.3 is 0 Å². The second-order valence-electron chi connectivity index (χ2n) is 17.8. The normalized spacial score (nSPS) is 20.4. The number of benzene rings is 2. The van der Waals surface area contributed by atoms with Gasteiger partial charge in [-0.25, -0.2) is 4.98 Å². The van der Waals surface area contributed by atoms with Crippen molar-refractivity contribution in [3.8, 4) is 5.75 Å². The maximum absolute atomic E-state index is 13.2. The van der Waals surface area contributed by atoms with E-state index in [1.165, 1.54) is 32.7 Å². The number of imide groups is 1. The second-order valence-corrected chi connectivity index (χ2v) is 18.2. The summed E-state index contributed by atoms with van der Waals surface area (Å²) >= 11 is 6.62. The highest BCUT2D eigenvalue weighted by Crippen LogP contribution is 2.48. The molecule has 16 nitrogen and oxygen atoms in total. The Labute approximate surface area is 364 Å². The molecule has 6 heterocycles. The molecule has 4 amide bonds. The van der Waals surface area contributed by atoms with Gasteiger partial charge in [0.2, 0.25) is 17.8 Å². The number of fused-ring (bicyclic) bond motifs is 2. The summed E-state index contributed by atoms with van der Waals surface area (Å²) in [5.74, 6) is 0.751. The second kappa shape index (κ2) is 16.9. The van der Waals surface area contributed by atoms with E-state index in [-0.39, 0.29) is 54.0 Å². The molecular weight excluding hydrogens is 812 g/mol. The first-order valence-corrected chi connectivity index (χ1v) is 22.1. The Kier molecular flexibility index (Phi) is 11.3. The fraction of sp³-hybridized carbons (Fsp3) is 0.489. The smallest absolute Gasteiger partial charge is 0.293 e. The van der Waals surface area contributed by atoms with E-state index in [9.17, 15) is 24.0 Å². The summed E-state index contributed by atoms with van der Waals surface area (Å²) in [4.78, 5) is 80.6. The minimum absolute atomic E-state index is 0.100. The number of piperidine rings is 1. The number of amides is 4. The van der Waals surface area contributed by atoms with E-state index in [1.807, 2.05) is 44.2 Å². The fourth-order valence-electron chi connectivity index (χ4n) is 9.95. The number of carbonyl (C=O) groups is 4. The lowest BCUT2D eigenvalue weighted by Gasteiger charge is -2.55. The number of nitrogens with zero attached hydrogens (tertiary/aromatic N) is 7. The molecule has 1 unspecified atom stereocenters. The van der Waals surface area contributed by atoms with Crippen molar-refractivity contribution in [2.75, 3.05) is 74.6 Å². The van der Waals surface area contributed by atoms with Crippen molar-refractivity contribution in [1.82, 2.24) is 35.0 Å². The number of rotatable bonds is 11. The van der Waals surface area contributed by atoms with E-state index in [4.69, 9.17) is 21.3 Å². The standard InChI is InChI=1S/C45H53ClN10O6/c1-27(2)56-35-7-4-31(18-29(35)20-37(43(56)61)62-24-39(58)47-3)49-40-34(46)21-48-44(51-40)53-16-14-52(15-17-53)22-28-10-12-45(13-11-28)25-54(26-45)32-5-6-33-30(19-32)23-55(42(33)60)36-8-9-38(57)50-41(36)59/h4-7,18-21,27-28,36H,8-17,22-26H2,1-3H3,(H,47,58)(H,48,49,51)(H,50,57,59). The molecular formula is C45H53ClN10O6. The van der Waals surface area contributed by atoms with Crippen LogP contribution in [0.4, 0.5) is 23.1 Å². The minimum Gasteiger partial charge on any atom is -0.478 e. The average Bonchev–Trinajstić information content (AvgIpc) is 3.57. The number of ether oxygens (including phenoxy) is 1. The molecule has 17 heteroatoms. The van der Waals surface area contributed by atoms with Gasteiger partial charge in [-0.05, 0) is 99.9 Å². The largest absolute Gasteiger partial charge is 0.478 e. The van der Waals surface area contributed by atoms with E-state index in [0.29, 0.717) is 46.7 Å². The summed E-state index contributed by atoms with van der Waals surface area (Å²) in [6.07, 6.45) is 7.12. The fourth-order valence-corrected chi connectivity index (χ4v) is 10.1. The lowest BCUT2D eigenvalue weighted by atomic mass is 9.65. The zero-order valence-electron chi connectivity index (χ0n) is 35.4. The van der Waals surface area contributed by atoms with Crippen LogP contribution in [0.1, 0.15) is 74.3 Å². The van der Waals surface area contributed by atoms with E-state index in [2.05, 4.69) is 41.7 Å². The Hall–Kier alpha value is -5.74. The SMILES string of the molecule is CNC(=O)COc1cc2cc(Nc3nc(N4CCN(CC5CCC6(CC5)CN(c5ccc7c(c5)CN(C5CCC(=O)NC5=O)C7=O)C6)CC4)ncc3Cl)ccc2n(C(C)C)c1=O. The van der Waals surface area contributed by atoms with Crippen LogP contribution < -0.4 is 36.0 Å². The van der Waals surface area contributed by atoms with Crippen molar-refractivity contribution in [1.29, 1.82) is 0 Å². The average molecular weight is 865 g/mol. The molecule has 3 saturated heterocycles. The Morgan fingerprint density at radius 3 is 2.48 bits per heavy atom. The van der Waals surface area contributed by atoms with Gasteiger partial charge in [-0.3, -0.25) is 34.2 Å². The molecule has 2 aromatic heterocycles. The molecule has 1 spiro atoms. The molecule has 9 rings (SSSR count). The third kappa shape index (κ3) is 8.17. The maximum atomic E-state index is 13.2. The molecule has 326 valence electrons. The van der Waals surface area contributed by atoms with Crippen LogP contribution in [-0.2, 0) is 20.9 Å². The van der Waals surface area contributed by atoms with E-state index >= 15 is 0 Å². The first-order valence-electron chi connectivity index (χ1n) is 21.7. The predicted octanol–water partition coefficient (Wildman–Crippen LogP) is 4.47. The number of nitrogens with one attached hydrogen (secondary N) is 3. The van der Waals surface area contributed by atoms with Gasteiger partial charge in [-0.2, -0.15) is 4.98 Å². The van der Waals surface area contributed by atoms with Gasteiger partial charge in [0.15, 0.2) is 18.2 Å². The number of piperazine rings is 1. The molecule has 1 atom stereocenters. The number of hydrogen-bond acceptors (Lipinski definition) is 12. The molecule has 1 aliphatic carbocycles. The highest BCUT2D eigenvalue weighted by Gasteiger charge is 2.46. The zero-order chi connectivity index (χ0) is 43.3. The van der Waals surface area contributed by atoms with Crippen LogP contribution in [0.25, 0.3) is 10.9 Å². The van der Waals surface area contributed by atoms with Crippen molar-refractivity contribution in [2.45, 2.75) is 71.0 Å². The van der Waals surface area contributed by atoms with E-state index in [0.717, 1.165) is 73.7 Å². The van der Waals surface area contributed by atoms with Crippen molar-refractivity contribution < 1.29 is 23.9 Å². The van der Waals surface area contributed by atoms with Gasteiger partial charge in [0.25, 0.3) is 17.4 Å². The molecule has 0 bridgehead atoms. The molecule has 4 aromatic rings. The Morgan fingerprint density at radius 2 is 1.76 bits per heavy atom. The summed E-state index contributed by atoms with van der Waals surface area (Å²) in [5, 5.41) is 9.40. The number of aromatic nitrogens is 3. The van der Waals surface area contributed by atoms with Gasteiger partial charge in [0.1, 0.15) is 11.1 Å². The van der Waals surface area contributed by atoms with Gasteiger partial charge in [0, 0.05) is 99.6 Å². The third-order valence-electron chi connectivity index (χ3n) is 13.4. The van der Waals surface area contributed by atoms with Gasteiger partial charge in [-0.15, -0.1) is 0 Å². The maximum Gasteiger partial charge on any atom is 0.293 e. The Balaban J connectivity index is 0.759. The van der Waals surface area contributed by atoms with Crippen LogP contribution in [0.3, 0.4) is 0 Å². The van der Waals surface area contributed by atoms with Gasteiger partial charge in [-0.1, -0.05) is 11.6 Å². The number of likely N-dealkylation sites (N-methyl/N-ethyl adjacent to an activating group) is 1. The summed E-state index contributed by atoms with van der Waals surface area (Å²) in [5.41, 5.74) is 4.25. The predicted molar refractivity (Wildman–Crippen MR) is 236 cm³/mol. The number of hydrogen-bond donors (Lipinski definition) is 3. The summed E-state index contributed by atoms with van der Waals surface area (Å²) in [7, 11) is 1.52. The van der Waals surface area contributed by atoms with Gasteiger partial charge < -0.3 is 34.6 Å². The van der Waals surface area contributed by atoms with E-state index < -0.39 is 6.04 Å². The number of anilines is 4. The molecule has 0 radical (unpaired) electrons. The zero-order valence-corrected chi connectivity index (χ0v) is 36.2. The first-order chi connectivity index (χ1) is 29.9. The van der Waals surface area contributed by atoms with Crippen LogP contribution in [0.15, 0.2) is 53.5 Å². The quantitative estimate of drug-likeness (QED) is 0.181. The lowest BCUT2D eigenvalue weighted by molar-refractivity contribution is -0.137. The molecule has 1 saturated carbocycles. The van der Waals surface area contributed by atoms with Crippen molar-refractivity contribution in [3.05, 3.63) is 75.2 Å². The first kappa shape index (κ1) is 41.6. The minimum atomic E-state index is -0.601. The Bertz CT molecular complexity index is 2490. The monoisotopic (exact) mass is 864 g/mol. The number of pyridine rings is 1. The van der Waals surface area contributed by atoms with E-state index in [1.54, 1.807) is 21.7 Å². The molecule has 3 N–H and O–H groups in total. The third-order valence-corrected chi connectivity index (χ3v) is 13.7. The summed E-state index contributed by atoms with van der Waals surface area (Å²) < 4.78 is 7.28. The molecule has 62 heavy (non-hydrogen) atoms. The van der Waals surface area contributed by atoms with Crippen LogP contribution in [0, 0.1) is 11.3 Å². The molecule has 4 fully saturated rings. The van der Waals surface area contributed by atoms with Crippen molar-refractivity contribution in [3.63, 3.8) is 0 Å². The van der Waals surface area contributed by atoms with Crippen molar-refractivity contribution >= 4 is 69.3 Å². The topological polar surface area (TPSA) is 174 Å².